The number of rotatable bonds is 3. The van der Waals surface area contributed by atoms with E-state index in [2.05, 4.69) is 0 Å². The number of nitrogens with zero attached hydrogens (tertiary/aromatic N) is 1. The lowest BCUT2D eigenvalue weighted by molar-refractivity contribution is -0.132. The average Bonchev–Trinajstić information content (AvgIpc) is 2.63. The number of ether oxygens (including phenoxy) is 1. The number of amides is 1. The second-order valence-corrected chi connectivity index (χ2v) is 5.06. The third kappa shape index (κ3) is 2.60. The molecular formula is C13H17ClN2O2. The standard InChI is InChI=1S/C13H17ClN2O2/c1-8(15)10-7-9(14)3-4-11(10)18-12-5-6-16(2)13(12)17/h3-4,7-8,12H,5-6,15H2,1-2H3. The molecule has 4 nitrogen and oxygen atoms in total. The fourth-order valence-corrected chi connectivity index (χ4v) is 2.22. The molecule has 1 aliphatic heterocycles. The van der Waals surface area contributed by atoms with E-state index < -0.39 is 6.10 Å². The zero-order valence-corrected chi connectivity index (χ0v) is 11.3. The number of halogens is 1. The molecule has 0 bridgehead atoms. The Morgan fingerprint density at radius 1 is 1.56 bits per heavy atom. The summed E-state index contributed by atoms with van der Waals surface area (Å²) in [6, 6.07) is 5.11. The van der Waals surface area contributed by atoms with Crippen LogP contribution < -0.4 is 10.5 Å². The van der Waals surface area contributed by atoms with E-state index in [1.54, 1.807) is 30.1 Å². The molecule has 0 aromatic heterocycles. The smallest absolute Gasteiger partial charge is 0.263 e. The predicted molar refractivity (Wildman–Crippen MR) is 70.7 cm³/mol. The molecule has 0 aliphatic carbocycles. The first-order valence-electron chi connectivity index (χ1n) is 5.95. The minimum absolute atomic E-state index is 0.0144. The van der Waals surface area contributed by atoms with E-state index in [1.165, 1.54) is 0 Å². The predicted octanol–water partition coefficient (Wildman–Crippen LogP) is 1.97. The van der Waals surface area contributed by atoms with Gasteiger partial charge in [0.25, 0.3) is 5.91 Å². The fourth-order valence-electron chi connectivity index (χ4n) is 2.04. The molecule has 2 N–H and O–H groups in total. The van der Waals surface area contributed by atoms with Gasteiger partial charge in [0.15, 0.2) is 6.10 Å². The van der Waals surface area contributed by atoms with E-state index in [0.717, 1.165) is 12.1 Å². The van der Waals surface area contributed by atoms with Gasteiger partial charge in [0, 0.05) is 36.6 Å². The SMILES string of the molecule is CC(N)c1cc(Cl)ccc1OC1CCN(C)C1=O. The molecule has 1 aromatic carbocycles. The lowest BCUT2D eigenvalue weighted by atomic mass is 10.1. The summed E-state index contributed by atoms with van der Waals surface area (Å²) in [4.78, 5) is 13.5. The molecule has 2 unspecified atom stereocenters. The lowest BCUT2D eigenvalue weighted by Crippen LogP contribution is -2.29. The summed E-state index contributed by atoms with van der Waals surface area (Å²) in [5, 5.41) is 0.615. The summed E-state index contributed by atoms with van der Waals surface area (Å²) in [5.41, 5.74) is 6.71. The third-order valence-corrected chi connectivity index (χ3v) is 3.35. The van der Waals surface area contributed by atoms with E-state index in [1.807, 2.05) is 6.92 Å². The Morgan fingerprint density at radius 3 is 2.83 bits per heavy atom. The Bertz CT molecular complexity index is 462. The van der Waals surface area contributed by atoms with Crippen molar-refractivity contribution in [1.29, 1.82) is 0 Å². The molecule has 1 aliphatic rings. The molecule has 5 heteroatoms. The van der Waals surface area contributed by atoms with Crippen LogP contribution in [0, 0.1) is 0 Å². The van der Waals surface area contributed by atoms with Crippen LogP contribution in [0.15, 0.2) is 18.2 Å². The minimum atomic E-state index is -0.409. The van der Waals surface area contributed by atoms with Crippen LogP contribution in [0.5, 0.6) is 5.75 Å². The Labute approximate surface area is 112 Å². The van der Waals surface area contributed by atoms with Crippen molar-refractivity contribution in [2.24, 2.45) is 5.73 Å². The Balaban J connectivity index is 2.21. The summed E-state index contributed by atoms with van der Waals surface area (Å²) in [6.45, 7) is 2.59. The quantitative estimate of drug-likeness (QED) is 0.912. The molecule has 2 rings (SSSR count). The number of carbonyl (C=O) groups is 1. The number of carbonyl (C=O) groups excluding carboxylic acids is 1. The summed E-state index contributed by atoms with van der Waals surface area (Å²) in [5.74, 6) is 0.656. The Kier molecular flexibility index (Phi) is 3.78. The van der Waals surface area contributed by atoms with E-state index in [4.69, 9.17) is 22.1 Å². The van der Waals surface area contributed by atoms with Crippen molar-refractivity contribution in [2.75, 3.05) is 13.6 Å². The highest BCUT2D eigenvalue weighted by Gasteiger charge is 2.31. The zero-order chi connectivity index (χ0) is 13.3. The molecule has 1 saturated heterocycles. The largest absolute Gasteiger partial charge is 0.480 e. The first kappa shape index (κ1) is 13.2. The Hall–Kier alpha value is -1.26. The van der Waals surface area contributed by atoms with Crippen molar-refractivity contribution in [2.45, 2.75) is 25.5 Å². The van der Waals surface area contributed by atoms with E-state index in [0.29, 0.717) is 17.2 Å². The van der Waals surface area contributed by atoms with Crippen LogP contribution in [0.3, 0.4) is 0 Å². The topological polar surface area (TPSA) is 55.6 Å². The van der Waals surface area contributed by atoms with Crippen LogP contribution in [0.2, 0.25) is 5.02 Å². The molecule has 0 spiro atoms. The van der Waals surface area contributed by atoms with Crippen molar-refractivity contribution in [3.8, 4) is 5.75 Å². The molecule has 1 fully saturated rings. The number of benzene rings is 1. The van der Waals surface area contributed by atoms with Crippen molar-refractivity contribution < 1.29 is 9.53 Å². The van der Waals surface area contributed by atoms with Gasteiger partial charge in [0.2, 0.25) is 0 Å². The average molecular weight is 269 g/mol. The van der Waals surface area contributed by atoms with Crippen molar-refractivity contribution >= 4 is 17.5 Å². The van der Waals surface area contributed by atoms with Gasteiger partial charge in [-0.05, 0) is 25.1 Å². The van der Waals surface area contributed by atoms with E-state index in [9.17, 15) is 4.79 Å². The highest BCUT2D eigenvalue weighted by atomic mass is 35.5. The number of hydrogen-bond donors (Lipinski definition) is 1. The summed E-state index contributed by atoms with van der Waals surface area (Å²) in [7, 11) is 1.78. The highest BCUT2D eigenvalue weighted by molar-refractivity contribution is 6.30. The van der Waals surface area contributed by atoms with Gasteiger partial charge in [-0.25, -0.2) is 0 Å². The normalized spacial score (nSPS) is 21.2. The highest BCUT2D eigenvalue weighted by Crippen LogP contribution is 2.29. The molecule has 98 valence electrons. The third-order valence-electron chi connectivity index (χ3n) is 3.11. The molecule has 1 amide bonds. The second kappa shape index (κ2) is 5.16. The number of hydrogen-bond acceptors (Lipinski definition) is 3. The van der Waals surface area contributed by atoms with E-state index >= 15 is 0 Å². The van der Waals surface area contributed by atoms with Gasteiger partial charge in [-0.15, -0.1) is 0 Å². The van der Waals surface area contributed by atoms with Gasteiger partial charge in [-0.3, -0.25) is 4.79 Å². The molecule has 1 heterocycles. The first-order chi connectivity index (χ1) is 8.49. The number of nitrogens with two attached hydrogens (primary N) is 1. The monoisotopic (exact) mass is 268 g/mol. The van der Waals surface area contributed by atoms with Gasteiger partial charge < -0.3 is 15.4 Å². The van der Waals surface area contributed by atoms with Crippen LogP contribution in [-0.2, 0) is 4.79 Å². The minimum Gasteiger partial charge on any atom is -0.480 e. The van der Waals surface area contributed by atoms with Crippen LogP contribution in [0.1, 0.15) is 24.9 Å². The maximum Gasteiger partial charge on any atom is 0.263 e. The van der Waals surface area contributed by atoms with Crippen LogP contribution in [-0.4, -0.2) is 30.5 Å². The van der Waals surface area contributed by atoms with Gasteiger partial charge in [-0.2, -0.15) is 0 Å². The summed E-state index contributed by atoms with van der Waals surface area (Å²) >= 11 is 5.94. The summed E-state index contributed by atoms with van der Waals surface area (Å²) < 4.78 is 5.78. The molecule has 0 radical (unpaired) electrons. The maximum atomic E-state index is 11.8. The molecular weight excluding hydrogens is 252 g/mol. The maximum absolute atomic E-state index is 11.8. The molecule has 1 aromatic rings. The summed E-state index contributed by atoms with van der Waals surface area (Å²) in [6.07, 6.45) is 0.296. The van der Waals surface area contributed by atoms with Crippen LogP contribution >= 0.6 is 11.6 Å². The lowest BCUT2D eigenvalue weighted by Gasteiger charge is -2.18. The van der Waals surface area contributed by atoms with E-state index in [-0.39, 0.29) is 11.9 Å². The Morgan fingerprint density at radius 2 is 2.28 bits per heavy atom. The first-order valence-corrected chi connectivity index (χ1v) is 6.33. The van der Waals surface area contributed by atoms with Crippen LogP contribution in [0.25, 0.3) is 0 Å². The van der Waals surface area contributed by atoms with Gasteiger partial charge in [0.1, 0.15) is 5.75 Å². The second-order valence-electron chi connectivity index (χ2n) is 4.63. The molecule has 18 heavy (non-hydrogen) atoms. The van der Waals surface area contributed by atoms with Crippen LogP contribution in [0.4, 0.5) is 0 Å². The fraction of sp³-hybridized carbons (Fsp3) is 0.462. The van der Waals surface area contributed by atoms with Crippen molar-refractivity contribution in [3.63, 3.8) is 0 Å². The molecule has 0 saturated carbocycles. The van der Waals surface area contributed by atoms with Crippen molar-refractivity contribution in [1.82, 2.24) is 4.90 Å². The zero-order valence-electron chi connectivity index (χ0n) is 10.5. The van der Waals surface area contributed by atoms with Gasteiger partial charge in [-0.1, -0.05) is 11.6 Å². The molecule has 2 atom stereocenters. The number of likely N-dealkylation sites (N-methyl/N-ethyl adjacent to an activating group) is 1. The number of likely N-dealkylation sites (tertiary alicyclic amines) is 1. The van der Waals surface area contributed by atoms with Gasteiger partial charge in [0.05, 0.1) is 0 Å². The van der Waals surface area contributed by atoms with Crippen molar-refractivity contribution in [3.05, 3.63) is 28.8 Å². The van der Waals surface area contributed by atoms with Gasteiger partial charge >= 0.3 is 0 Å².